The van der Waals surface area contributed by atoms with E-state index in [0.29, 0.717) is 5.56 Å². The van der Waals surface area contributed by atoms with E-state index in [1.165, 1.54) is 6.07 Å². The summed E-state index contributed by atoms with van der Waals surface area (Å²) in [4.78, 5) is 12.5. The van der Waals surface area contributed by atoms with Crippen LogP contribution in [0.25, 0.3) is 0 Å². The van der Waals surface area contributed by atoms with E-state index in [1.807, 2.05) is 30.3 Å². The van der Waals surface area contributed by atoms with Crippen LogP contribution in [0.1, 0.15) is 24.1 Å². The van der Waals surface area contributed by atoms with Gasteiger partial charge in [0.15, 0.2) is 0 Å². The van der Waals surface area contributed by atoms with Crippen LogP contribution in [0.2, 0.25) is 0 Å². The normalized spacial score (nSPS) is 12.9. The lowest BCUT2D eigenvalue weighted by molar-refractivity contribution is -0.120. The quantitative estimate of drug-likeness (QED) is 0.797. The predicted molar refractivity (Wildman–Crippen MR) is 96.2 cm³/mol. The Balaban J connectivity index is 0.00000312. The molecule has 2 atom stereocenters. The van der Waals surface area contributed by atoms with Crippen LogP contribution in [-0.2, 0) is 4.79 Å². The van der Waals surface area contributed by atoms with E-state index >= 15 is 0 Å². The Morgan fingerprint density at radius 3 is 2.36 bits per heavy atom. The number of aryl methyl sites for hydroxylation is 1. The largest absolute Gasteiger partial charge is 0.433 e. The Labute approximate surface area is 151 Å². The monoisotopic (exact) mass is 370 g/mol. The molecule has 2 rings (SSSR count). The minimum atomic E-state index is -2.97. The fourth-order valence-corrected chi connectivity index (χ4v) is 2.36. The molecule has 2 aromatic rings. The molecule has 0 saturated heterocycles. The molecule has 1 amide bonds. The summed E-state index contributed by atoms with van der Waals surface area (Å²) in [5, 5.41) is 2.66. The van der Waals surface area contributed by atoms with Gasteiger partial charge in [-0.1, -0.05) is 49.4 Å². The van der Waals surface area contributed by atoms with Gasteiger partial charge in [-0.25, -0.2) is 0 Å². The lowest BCUT2D eigenvalue weighted by Crippen LogP contribution is -2.31. The summed E-state index contributed by atoms with van der Waals surface area (Å²) in [7, 11) is 0. The second-order valence-electron chi connectivity index (χ2n) is 5.54. The van der Waals surface area contributed by atoms with Gasteiger partial charge in [-0.3, -0.25) is 4.79 Å². The van der Waals surface area contributed by atoms with Crippen molar-refractivity contribution in [1.82, 2.24) is 0 Å². The molecule has 2 aromatic carbocycles. The fraction of sp³-hybridized carbons (Fsp3) is 0.278. The van der Waals surface area contributed by atoms with Gasteiger partial charge in [0, 0.05) is 6.04 Å². The van der Waals surface area contributed by atoms with Crippen LogP contribution < -0.4 is 15.8 Å². The number of anilines is 1. The number of carbonyl (C=O) groups excluding carboxylic acids is 1. The molecular formula is C18H21ClF2N2O2. The molecule has 0 radical (unpaired) electrons. The van der Waals surface area contributed by atoms with E-state index in [2.05, 4.69) is 10.1 Å². The Bertz CT molecular complexity index is 699. The number of nitrogens with one attached hydrogen (secondary N) is 1. The van der Waals surface area contributed by atoms with Crippen LogP contribution in [0.3, 0.4) is 0 Å². The third-order valence-corrected chi connectivity index (χ3v) is 3.84. The third kappa shape index (κ3) is 5.41. The van der Waals surface area contributed by atoms with Gasteiger partial charge in [-0.2, -0.15) is 8.78 Å². The molecule has 4 nitrogen and oxygen atoms in total. The average Bonchev–Trinajstić information content (AvgIpc) is 2.56. The van der Waals surface area contributed by atoms with Gasteiger partial charge >= 0.3 is 6.61 Å². The number of carbonyl (C=O) groups is 1. The number of hydrogen-bond donors (Lipinski definition) is 2. The lowest BCUT2D eigenvalue weighted by atomic mass is 9.94. The molecule has 0 spiro atoms. The highest BCUT2D eigenvalue weighted by Crippen LogP contribution is 2.30. The van der Waals surface area contributed by atoms with Crippen LogP contribution in [0.4, 0.5) is 14.5 Å². The number of alkyl halides is 2. The highest BCUT2D eigenvalue weighted by Gasteiger charge is 2.24. The van der Waals surface area contributed by atoms with Crippen molar-refractivity contribution in [1.29, 1.82) is 0 Å². The van der Waals surface area contributed by atoms with Crippen molar-refractivity contribution in [3.63, 3.8) is 0 Å². The van der Waals surface area contributed by atoms with Gasteiger partial charge in [-0.15, -0.1) is 12.4 Å². The van der Waals surface area contributed by atoms with Gasteiger partial charge < -0.3 is 15.8 Å². The molecule has 0 saturated carbocycles. The molecule has 0 heterocycles. The number of nitrogens with two attached hydrogens (primary N) is 1. The van der Waals surface area contributed by atoms with Crippen molar-refractivity contribution < 1.29 is 18.3 Å². The first-order chi connectivity index (χ1) is 11.4. The number of rotatable bonds is 6. The summed E-state index contributed by atoms with van der Waals surface area (Å²) in [5.41, 5.74) is 7.82. The number of para-hydroxylation sites is 1. The second kappa shape index (κ2) is 9.34. The summed E-state index contributed by atoms with van der Waals surface area (Å²) in [6, 6.07) is 13.4. The van der Waals surface area contributed by atoms with E-state index in [-0.39, 0.29) is 29.8 Å². The van der Waals surface area contributed by atoms with Crippen molar-refractivity contribution in [2.75, 3.05) is 5.32 Å². The number of benzene rings is 2. The Morgan fingerprint density at radius 2 is 1.76 bits per heavy atom. The molecule has 0 aromatic heterocycles. The minimum absolute atomic E-state index is 0. The van der Waals surface area contributed by atoms with E-state index in [9.17, 15) is 13.6 Å². The van der Waals surface area contributed by atoms with Gasteiger partial charge in [0.25, 0.3) is 0 Å². The molecule has 0 aliphatic rings. The molecule has 25 heavy (non-hydrogen) atoms. The zero-order chi connectivity index (χ0) is 17.7. The van der Waals surface area contributed by atoms with E-state index in [4.69, 9.17) is 5.73 Å². The summed E-state index contributed by atoms with van der Waals surface area (Å²) in [6.07, 6.45) is 0. The highest BCUT2D eigenvalue weighted by molar-refractivity contribution is 5.95. The van der Waals surface area contributed by atoms with Crippen molar-refractivity contribution in [3.05, 3.63) is 59.7 Å². The van der Waals surface area contributed by atoms with Crippen LogP contribution in [0.5, 0.6) is 5.75 Å². The van der Waals surface area contributed by atoms with E-state index < -0.39 is 18.6 Å². The van der Waals surface area contributed by atoms with Crippen molar-refractivity contribution in [3.8, 4) is 5.75 Å². The van der Waals surface area contributed by atoms with Crippen LogP contribution in [0, 0.1) is 12.8 Å². The smallest absolute Gasteiger partial charge is 0.387 e. The minimum Gasteiger partial charge on any atom is -0.433 e. The van der Waals surface area contributed by atoms with Crippen molar-refractivity contribution in [2.45, 2.75) is 26.5 Å². The topological polar surface area (TPSA) is 64.3 Å². The summed E-state index contributed by atoms with van der Waals surface area (Å²) in [5.74, 6) is -0.981. The third-order valence-electron chi connectivity index (χ3n) is 3.84. The van der Waals surface area contributed by atoms with Gasteiger partial charge in [0.05, 0.1) is 11.6 Å². The molecule has 3 N–H and O–H groups in total. The molecule has 0 bridgehead atoms. The fourth-order valence-electron chi connectivity index (χ4n) is 2.36. The van der Waals surface area contributed by atoms with Gasteiger partial charge in [0.2, 0.25) is 5.91 Å². The average molecular weight is 371 g/mol. The summed E-state index contributed by atoms with van der Waals surface area (Å²) in [6.45, 7) is 0.431. The molecule has 136 valence electrons. The molecular weight excluding hydrogens is 350 g/mol. The maximum Gasteiger partial charge on any atom is 0.387 e. The Morgan fingerprint density at radius 1 is 1.12 bits per heavy atom. The van der Waals surface area contributed by atoms with Crippen LogP contribution >= 0.6 is 12.4 Å². The first kappa shape index (κ1) is 20.9. The SMILES string of the molecule is Cc1cccc(OC(F)F)c1NC(=O)C(C)C(N)c1ccccc1.Cl. The lowest BCUT2D eigenvalue weighted by Gasteiger charge is -2.21. The van der Waals surface area contributed by atoms with Crippen LogP contribution in [0.15, 0.2) is 48.5 Å². The molecule has 0 aliphatic heterocycles. The maximum atomic E-state index is 12.5. The van der Waals surface area contributed by atoms with E-state index in [0.717, 1.165) is 5.56 Å². The zero-order valence-corrected chi connectivity index (χ0v) is 14.7. The number of amides is 1. The van der Waals surface area contributed by atoms with Crippen LogP contribution in [-0.4, -0.2) is 12.5 Å². The second-order valence-corrected chi connectivity index (χ2v) is 5.54. The van der Waals surface area contributed by atoms with Gasteiger partial charge in [0.1, 0.15) is 5.75 Å². The number of hydrogen-bond acceptors (Lipinski definition) is 3. The molecule has 7 heteroatoms. The standard InChI is InChI=1S/C18H20F2N2O2.ClH/c1-11-7-6-10-14(24-18(19)20)16(11)22-17(23)12(2)15(21)13-8-4-3-5-9-13;/h3-10,12,15,18H,21H2,1-2H3,(H,22,23);1H. The van der Waals surface area contributed by atoms with Crippen molar-refractivity contribution in [2.24, 2.45) is 11.7 Å². The zero-order valence-electron chi connectivity index (χ0n) is 13.9. The molecule has 2 unspecified atom stereocenters. The number of ether oxygens (including phenoxy) is 1. The highest BCUT2D eigenvalue weighted by atomic mass is 35.5. The summed E-state index contributed by atoms with van der Waals surface area (Å²) < 4.78 is 29.5. The predicted octanol–water partition coefficient (Wildman–Crippen LogP) is 4.29. The first-order valence-electron chi connectivity index (χ1n) is 7.56. The van der Waals surface area contributed by atoms with Gasteiger partial charge in [-0.05, 0) is 24.1 Å². The maximum absolute atomic E-state index is 12.5. The Kier molecular flexibility index (Phi) is 7.80. The molecule has 0 fully saturated rings. The molecule has 0 aliphatic carbocycles. The van der Waals surface area contributed by atoms with E-state index in [1.54, 1.807) is 26.0 Å². The Hall–Kier alpha value is -2.18. The summed E-state index contributed by atoms with van der Waals surface area (Å²) >= 11 is 0. The number of halogens is 3. The first-order valence-corrected chi connectivity index (χ1v) is 7.56. The van der Waals surface area contributed by atoms with Crippen molar-refractivity contribution >= 4 is 24.0 Å².